The number of ether oxygens (including phenoxy) is 1. The predicted molar refractivity (Wildman–Crippen MR) is 97.5 cm³/mol. The Bertz CT molecular complexity index is 646. The molecule has 25 heavy (non-hydrogen) atoms. The molecule has 1 saturated heterocycles. The minimum atomic E-state index is -0.250. The van der Waals surface area contributed by atoms with Crippen LogP contribution >= 0.6 is 0 Å². The number of hydrogen-bond acceptors (Lipinski definition) is 4. The van der Waals surface area contributed by atoms with E-state index in [-0.39, 0.29) is 6.47 Å². The topological polar surface area (TPSA) is 67.6 Å². The third-order valence-electron chi connectivity index (χ3n) is 4.44. The van der Waals surface area contributed by atoms with Crippen LogP contribution in [0.3, 0.4) is 0 Å². The van der Waals surface area contributed by atoms with Gasteiger partial charge in [-0.15, -0.1) is 0 Å². The number of carbonyl (C=O) groups is 1. The van der Waals surface area contributed by atoms with Crippen LogP contribution in [-0.2, 0) is 9.53 Å². The molecule has 0 aliphatic carbocycles. The molecule has 1 aliphatic heterocycles. The predicted octanol–water partition coefficient (Wildman–Crippen LogP) is 3.23. The molecular formula is C19H27N3O3. The second-order valence-corrected chi connectivity index (χ2v) is 6.31. The van der Waals surface area contributed by atoms with Gasteiger partial charge >= 0.3 is 0 Å². The van der Waals surface area contributed by atoms with Crippen molar-refractivity contribution in [3.8, 4) is 11.3 Å². The SMILES string of the molecule is CC(c1ccc(-c2ccnn2C(C)C)cc1)N1CCOCC1.O=CO. The van der Waals surface area contributed by atoms with Gasteiger partial charge in [0.05, 0.1) is 18.9 Å². The summed E-state index contributed by atoms with van der Waals surface area (Å²) in [6.07, 6.45) is 1.87. The van der Waals surface area contributed by atoms with Crippen molar-refractivity contribution in [1.29, 1.82) is 0 Å². The lowest BCUT2D eigenvalue weighted by Crippen LogP contribution is -2.37. The van der Waals surface area contributed by atoms with Gasteiger partial charge < -0.3 is 9.84 Å². The molecule has 1 aromatic carbocycles. The highest BCUT2D eigenvalue weighted by molar-refractivity contribution is 5.59. The quantitative estimate of drug-likeness (QED) is 0.862. The van der Waals surface area contributed by atoms with Crippen LogP contribution in [0.5, 0.6) is 0 Å². The van der Waals surface area contributed by atoms with Gasteiger partial charge in [-0.2, -0.15) is 5.10 Å². The third-order valence-corrected chi connectivity index (χ3v) is 4.44. The van der Waals surface area contributed by atoms with Gasteiger partial charge in [0, 0.05) is 31.4 Å². The largest absolute Gasteiger partial charge is 0.483 e. The number of carboxylic acid groups (broad SMARTS) is 1. The first-order valence-corrected chi connectivity index (χ1v) is 8.62. The molecule has 0 bridgehead atoms. The molecule has 1 atom stereocenters. The molecule has 0 spiro atoms. The van der Waals surface area contributed by atoms with Gasteiger partial charge in [0.2, 0.25) is 0 Å². The lowest BCUT2D eigenvalue weighted by molar-refractivity contribution is -0.122. The summed E-state index contributed by atoms with van der Waals surface area (Å²) in [6, 6.07) is 11.8. The van der Waals surface area contributed by atoms with E-state index in [1.807, 2.05) is 6.20 Å². The maximum Gasteiger partial charge on any atom is 0.290 e. The molecular weight excluding hydrogens is 318 g/mol. The second kappa shape index (κ2) is 9.34. The minimum absolute atomic E-state index is 0.250. The lowest BCUT2D eigenvalue weighted by atomic mass is 10.0. The Morgan fingerprint density at radius 2 is 1.72 bits per heavy atom. The van der Waals surface area contributed by atoms with E-state index in [0.29, 0.717) is 12.1 Å². The van der Waals surface area contributed by atoms with Crippen LogP contribution in [-0.4, -0.2) is 52.6 Å². The molecule has 0 amide bonds. The third kappa shape index (κ3) is 4.90. The lowest BCUT2D eigenvalue weighted by Gasteiger charge is -2.32. The summed E-state index contributed by atoms with van der Waals surface area (Å²) in [7, 11) is 0. The van der Waals surface area contributed by atoms with Gasteiger partial charge in [0.15, 0.2) is 0 Å². The Balaban J connectivity index is 0.000000701. The zero-order chi connectivity index (χ0) is 18.2. The number of nitrogens with zero attached hydrogens (tertiary/aromatic N) is 3. The molecule has 2 heterocycles. The van der Waals surface area contributed by atoms with Gasteiger partial charge in [-0.25, -0.2) is 0 Å². The first-order chi connectivity index (χ1) is 12.1. The van der Waals surface area contributed by atoms with E-state index in [4.69, 9.17) is 14.6 Å². The summed E-state index contributed by atoms with van der Waals surface area (Å²) in [5.41, 5.74) is 3.77. The number of morpholine rings is 1. The van der Waals surface area contributed by atoms with Gasteiger partial charge in [-0.1, -0.05) is 24.3 Å². The normalized spacial score (nSPS) is 16.2. The van der Waals surface area contributed by atoms with E-state index in [1.165, 1.54) is 16.8 Å². The fraction of sp³-hybridized carbons (Fsp3) is 0.474. The highest BCUT2D eigenvalue weighted by Gasteiger charge is 2.18. The molecule has 2 aromatic rings. The number of rotatable bonds is 4. The van der Waals surface area contributed by atoms with E-state index in [1.54, 1.807) is 0 Å². The Labute approximate surface area is 149 Å². The molecule has 6 nitrogen and oxygen atoms in total. The van der Waals surface area contributed by atoms with Crippen LogP contribution in [0.25, 0.3) is 11.3 Å². The standard InChI is InChI=1S/C18H25N3O.CH2O2/c1-14(2)21-18(8-9-19-21)17-6-4-16(5-7-17)15(3)20-10-12-22-13-11-20;2-1-3/h4-9,14-15H,10-13H2,1-3H3;1H,(H,2,3). The minimum Gasteiger partial charge on any atom is -0.483 e. The zero-order valence-electron chi connectivity index (χ0n) is 15.1. The smallest absolute Gasteiger partial charge is 0.290 e. The van der Waals surface area contributed by atoms with Crippen molar-refractivity contribution in [2.45, 2.75) is 32.9 Å². The first-order valence-electron chi connectivity index (χ1n) is 8.62. The number of hydrogen-bond donors (Lipinski definition) is 1. The molecule has 136 valence electrons. The van der Waals surface area contributed by atoms with Crippen LogP contribution < -0.4 is 0 Å². The van der Waals surface area contributed by atoms with Crippen molar-refractivity contribution >= 4 is 6.47 Å². The fourth-order valence-corrected chi connectivity index (χ4v) is 3.06. The molecule has 1 aliphatic rings. The summed E-state index contributed by atoms with van der Waals surface area (Å²) >= 11 is 0. The Morgan fingerprint density at radius 3 is 2.28 bits per heavy atom. The van der Waals surface area contributed by atoms with E-state index in [2.05, 4.69) is 65.8 Å². The molecule has 3 rings (SSSR count). The Kier molecular flexibility index (Phi) is 7.16. The van der Waals surface area contributed by atoms with Crippen molar-refractivity contribution < 1.29 is 14.6 Å². The van der Waals surface area contributed by atoms with Gasteiger partial charge in [-0.3, -0.25) is 14.4 Å². The molecule has 6 heteroatoms. The molecule has 1 unspecified atom stereocenters. The maximum absolute atomic E-state index is 8.36. The molecule has 1 fully saturated rings. The Hall–Kier alpha value is -2.18. The molecule has 1 N–H and O–H groups in total. The van der Waals surface area contributed by atoms with Crippen LogP contribution in [0, 0.1) is 0 Å². The fourth-order valence-electron chi connectivity index (χ4n) is 3.06. The van der Waals surface area contributed by atoms with Gasteiger partial charge in [0.1, 0.15) is 0 Å². The molecule has 0 saturated carbocycles. The molecule has 0 radical (unpaired) electrons. The summed E-state index contributed by atoms with van der Waals surface area (Å²) in [4.78, 5) is 10.8. The van der Waals surface area contributed by atoms with E-state index in [0.717, 1.165) is 26.3 Å². The van der Waals surface area contributed by atoms with Crippen molar-refractivity contribution in [2.75, 3.05) is 26.3 Å². The van der Waals surface area contributed by atoms with Crippen molar-refractivity contribution in [3.63, 3.8) is 0 Å². The van der Waals surface area contributed by atoms with Crippen molar-refractivity contribution in [3.05, 3.63) is 42.1 Å². The van der Waals surface area contributed by atoms with Crippen LogP contribution in [0.15, 0.2) is 36.5 Å². The first kappa shape index (κ1) is 19.1. The van der Waals surface area contributed by atoms with Gasteiger partial charge in [-0.05, 0) is 38.0 Å². The number of benzene rings is 1. The van der Waals surface area contributed by atoms with Crippen LogP contribution in [0.1, 0.15) is 38.4 Å². The van der Waals surface area contributed by atoms with E-state index >= 15 is 0 Å². The summed E-state index contributed by atoms with van der Waals surface area (Å²) < 4.78 is 7.51. The van der Waals surface area contributed by atoms with E-state index in [9.17, 15) is 0 Å². The highest BCUT2D eigenvalue weighted by atomic mass is 16.5. The summed E-state index contributed by atoms with van der Waals surface area (Å²) in [5.74, 6) is 0. The number of aromatic nitrogens is 2. The monoisotopic (exact) mass is 345 g/mol. The highest BCUT2D eigenvalue weighted by Crippen LogP contribution is 2.26. The van der Waals surface area contributed by atoms with E-state index < -0.39 is 0 Å². The average molecular weight is 345 g/mol. The summed E-state index contributed by atoms with van der Waals surface area (Å²) in [5, 5.41) is 11.3. The molecule has 1 aromatic heterocycles. The van der Waals surface area contributed by atoms with Crippen LogP contribution in [0.2, 0.25) is 0 Å². The zero-order valence-corrected chi connectivity index (χ0v) is 15.1. The second-order valence-electron chi connectivity index (χ2n) is 6.31. The van der Waals surface area contributed by atoms with Gasteiger partial charge in [0.25, 0.3) is 6.47 Å². The summed E-state index contributed by atoms with van der Waals surface area (Å²) in [6.45, 7) is 10.1. The average Bonchev–Trinajstić information content (AvgIpc) is 3.13. The van der Waals surface area contributed by atoms with Crippen molar-refractivity contribution in [1.82, 2.24) is 14.7 Å². The Morgan fingerprint density at radius 1 is 1.12 bits per heavy atom. The maximum atomic E-state index is 8.36. The van der Waals surface area contributed by atoms with Crippen LogP contribution in [0.4, 0.5) is 0 Å². The van der Waals surface area contributed by atoms with Crippen molar-refractivity contribution in [2.24, 2.45) is 0 Å².